The maximum absolute atomic E-state index is 14.3. The topological polar surface area (TPSA) is 93.9 Å². The lowest BCUT2D eigenvalue weighted by atomic mass is 9.87. The largest absolute Gasteiger partial charge is 0.367 e. The molecule has 0 amide bonds. The van der Waals surface area contributed by atoms with Crippen LogP contribution in [0.5, 0.6) is 0 Å². The number of carbonyl (C=O) groups excluding carboxylic acids is 1. The number of carbonyl (C=O) groups is 1. The van der Waals surface area contributed by atoms with Crippen molar-refractivity contribution >= 4 is 22.5 Å². The Kier molecular flexibility index (Phi) is 6.17. The number of hydrogen-bond donors (Lipinski definition) is 2. The zero-order valence-corrected chi connectivity index (χ0v) is 18.1. The molecule has 7 nitrogen and oxygen atoms in total. The van der Waals surface area contributed by atoms with Gasteiger partial charge in [0.2, 0.25) is 0 Å². The van der Waals surface area contributed by atoms with Crippen LogP contribution in [-0.2, 0) is 4.79 Å². The molecule has 8 heteroatoms. The lowest BCUT2D eigenvalue weighted by Gasteiger charge is -2.44. The number of alkyl halides is 1. The van der Waals surface area contributed by atoms with E-state index in [4.69, 9.17) is 0 Å². The van der Waals surface area contributed by atoms with Gasteiger partial charge in [0, 0.05) is 37.1 Å². The number of hydrogen-bond acceptors (Lipinski definition) is 7. The van der Waals surface area contributed by atoms with E-state index < -0.39 is 11.7 Å². The molecule has 1 aliphatic carbocycles. The van der Waals surface area contributed by atoms with E-state index in [0.29, 0.717) is 12.1 Å². The third-order valence-corrected chi connectivity index (χ3v) is 6.44. The van der Waals surface area contributed by atoms with Crippen LogP contribution in [0.4, 0.5) is 10.2 Å². The van der Waals surface area contributed by atoms with E-state index in [2.05, 4.69) is 31.6 Å². The number of rotatable bonds is 5. The summed E-state index contributed by atoms with van der Waals surface area (Å²) in [4.78, 5) is 23.6. The molecule has 1 aromatic carbocycles. The maximum Gasteiger partial charge on any atom is 0.187 e. The van der Waals surface area contributed by atoms with E-state index in [1.807, 2.05) is 12.1 Å². The van der Waals surface area contributed by atoms with Gasteiger partial charge in [-0.2, -0.15) is 5.26 Å². The monoisotopic (exact) mass is 424 g/mol. The molecular weight excluding hydrogens is 395 g/mol. The molecular formula is C23H29FN6O. The van der Waals surface area contributed by atoms with Crippen LogP contribution in [0.25, 0.3) is 10.9 Å². The van der Waals surface area contributed by atoms with Gasteiger partial charge in [-0.25, -0.2) is 14.4 Å². The van der Waals surface area contributed by atoms with Gasteiger partial charge in [0.1, 0.15) is 12.1 Å². The smallest absolute Gasteiger partial charge is 0.187 e. The summed E-state index contributed by atoms with van der Waals surface area (Å²) in [6.07, 6.45) is 5.31. The highest BCUT2D eigenvalue weighted by molar-refractivity contribution is 5.91. The number of ketones is 1. The van der Waals surface area contributed by atoms with Crippen molar-refractivity contribution in [2.24, 2.45) is 0 Å². The SMILES string of the molecule is CC(C)(F)C(=O)C1CNCCN1C1CCC(Nc2ncnc3ccc(C#N)cc23)CC1. The summed E-state index contributed by atoms with van der Waals surface area (Å²) in [6.45, 7) is 4.81. The quantitative estimate of drug-likeness (QED) is 0.762. The van der Waals surface area contributed by atoms with Gasteiger partial charge in [-0.05, 0) is 57.7 Å². The highest BCUT2D eigenvalue weighted by Crippen LogP contribution is 2.30. The number of nitrogens with one attached hydrogen (secondary N) is 2. The Hall–Kier alpha value is -2.63. The Balaban J connectivity index is 1.43. The number of Topliss-reactive ketones (excluding diaryl/α,β-unsaturated/α-hetero) is 1. The van der Waals surface area contributed by atoms with Crippen LogP contribution in [0.1, 0.15) is 45.1 Å². The number of fused-ring (bicyclic) bond motifs is 1. The molecule has 1 unspecified atom stereocenters. The molecule has 2 fully saturated rings. The van der Waals surface area contributed by atoms with Crippen molar-refractivity contribution in [3.63, 3.8) is 0 Å². The van der Waals surface area contributed by atoms with Crippen molar-refractivity contribution in [3.05, 3.63) is 30.1 Å². The molecule has 0 radical (unpaired) electrons. The van der Waals surface area contributed by atoms with Crippen LogP contribution in [0.15, 0.2) is 24.5 Å². The summed E-state index contributed by atoms with van der Waals surface area (Å²) in [7, 11) is 0. The zero-order valence-electron chi connectivity index (χ0n) is 18.1. The van der Waals surface area contributed by atoms with Crippen molar-refractivity contribution in [3.8, 4) is 6.07 Å². The van der Waals surface area contributed by atoms with Crippen molar-refractivity contribution in [1.82, 2.24) is 20.2 Å². The van der Waals surface area contributed by atoms with E-state index in [-0.39, 0.29) is 17.9 Å². The number of benzene rings is 1. The second kappa shape index (κ2) is 8.85. The van der Waals surface area contributed by atoms with Gasteiger partial charge in [-0.3, -0.25) is 9.69 Å². The fraction of sp³-hybridized carbons (Fsp3) is 0.565. The summed E-state index contributed by atoms with van der Waals surface area (Å²) < 4.78 is 14.3. The second-order valence-electron chi connectivity index (χ2n) is 9.01. The first-order valence-electron chi connectivity index (χ1n) is 11.0. The van der Waals surface area contributed by atoms with E-state index in [0.717, 1.165) is 55.5 Å². The van der Waals surface area contributed by atoms with Crippen LogP contribution < -0.4 is 10.6 Å². The minimum absolute atomic E-state index is 0.259. The molecule has 31 heavy (non-hydrogen) atoms. The Bertz CT molecular complexity index is 990. The molecule has 2 aliphatic rings. The van der Waals surface area contributed by atoms with Crippen LogP contribution in [0.2, 0.25) is 0 Å². The third kappa shape index (κ3) is 4.68. The zero-order chi connectivity index (χ0) is 22.0. The number of anilines is 1. The summed E-state index contributed by atoms with van der Waals surface area (Å²) in [6, 6.07) is 7.72. The van der Waals surface area contributed by atoms with Gasteiger partial charge in [-0.1, -0.05) is 0 Å². The Morgan fingerprint density at radius 1 is 1.29 bits per heavy atom. The van der Waals surface area contributed by atoms with Crippen molar-refractivity contribution in [1.29, 1.82) is 5.26 Å². The molecule has 0 bridgehead atoms. The van der Waals surface area contributed by atoms with Crippen LogP contribution in [0.3, 0.4) is 0 Å². The average Bonchev–Trinajstić information content (AvgIpc) is 2.78. The molecule has 0 spiro atoms. The van der Waals surface area contributed by atoms with Gasteiger partial charge in [0.05, 0.1) is 23.2 Å². The summed E-state index contributed by atoms with van der Waals surface area (Å²) >= 11 is 0. The van der Waals surface area contributed by atoms with E-state index in [9.17, 15) is 14.4 Å². The number of nitriles is 1. The molecule has 2 heterocycles. The van der Waals surface area contributed by atoms with Crippen molar-refractivity contribution < 1.29 is 9.18 Å². The normalized spacial score (nSPS) is 25.2. The highest BCUT2D eigenvalue weighted by atomic mass is 19.1. The molecule has 1 saturated carbocycles. The highest BCUT2D eigenvalue weighted by Gasteiger charge is 2.41. The number of piperazine rings is 1. The maximum atomic E-state index is 14.3. The van der Waals surface area contributed by atoms with E-state index in [1.165, 1.54) is 20.2 Å². The lowest BCUT2D eigenvalue weighted by molar-refractivity contribution is -0.136. The number of aromatic nitrogens is 2. The van der Waals surface area contributed by atoms with Crippen LogP contribution in [0, 0.1) is 11.3 Å². The van der Waals surface area contributed by atoms with Gasteiger partial charge < -0.3 is 10.6 Å². The fourth-order valence-corrected chi connectivity index (χ4v) is 4.78. The summed E-state index contributed by atoms with van der Waals surface area (Å²) in [5.41, 5.74) is -0.433. The Morgan fingerprint density at radius 2 is 2.06 bits per heavy atom. The molecule has 4 rings (SSSR count). The standard InChI is InChI=1S/C23H29FN6O/c1-23(2,24)21(31)20-13-26-9-10-30(20)17-6-4-16(5-7-17)29-22-18-11-15(12-25)3-8-19(18)27-14-28-22/h3,8,11,14,16-17,20,26H,4-7,9-10,13H2,1-2H3,(H,27,28,29). The Labute approximate surface area is 182 Å². The predicted molar refractivity (Wildman–Crippen MR) is 117 cm³/mol. The van der Waals surface area contributed by atoms with Gasteiger partial charge in [0.15, 0.2) is 11.5 Å². The predicted octanol–water partition coefficient (Wildman–Crippen LogP) is 2.82. The Morgan fingerprint density at radius 3 is 2.77 bits per heavy atom. The first-order valence-corrected chi connectivity index (χ1v) is 11.0. The average molecular weight is 425 g/mol. The molecule has 1 saturated heterocycles. The molecule has 164 valence electrons. The first kappa shape index (κ1) is 21.6. The van der Waals surface area contributed by atoms with Crippen molar-refractivity contribution in [2.75, 3.05) is 25.0 Å². The fourth-order valence-electron chi connectivity index (χ4n) is 4.78. The summed E-state index contributed by atoms with van der Waals surface area (Å²) in [5, 5.41) is 16.8. The number of nitrogens with zero attached hydrogens (tertiary/aromatic N) is 4. The molecule has 1 aliphatic heterocycles. The second-order valence-corrected chi connectivity index (χ2v) is 9.01. The van der Waals surface area contributed by atoms with E-state index >= 15 is 0 Å². The van der Waals surface area contributed by atoms with Crippen LogP contribution >= 0.6 is 0 Å². The number of halogens is 1. The first-order chi connectivity index (χ1) is 14.9. The van der Waals surface area contributed by atoms with Crippen molar-refractivity contribution in [2.45, 2.75) is 63.3 Å². The van der Waals surface area contributed by atoms with Gasteiger partial charge in [-0.15, -0.1) is 0 Å². The van der Waals surface area contributed by atoms with E-state index in [1.54, 1.807) is 6.07 Å². The molecule has 1 atom stereocenters. The van der Waals surface area contributed by atoms with Gasteiger partial charge >= 0.3 is 0 Å². The molecule has 1 aromatic heterocycles. The summed E-state index contributed by atoms with van der Waals surface area (Å²) in [5.74, 6) is 0.417. The van der Waals surface area contributed by atoms with Crippen LogP contribution in [-0.4, -0.2) is 64.1 Å². The molecule has 2 N–H and O–H groups in total. The third-order valence-electron chi connectivity index (χ3n) is 6.44. The van der Waals surface area contributed by atoms with Gasteiger partial charge in [0.25, 0.3) is 0 Å². The molecule has 2 aromatic rings. The lowest BCUT2D eigenvalue weighted by Crippen LogP contribution is -2.61. The minimum atomic E-state index is -1.82. The minimum Gasteiger partial charge on any atom is -0.367 e.